The number of hydrogen-bond acceptors (Lipinski definition) is 3. The average molecular weight is 319 g/mol. The van der Waals surface area contributed by atoms with E-state index in [9.17, 15) is 0 Å². The molecule has 1 nitrogen and oxygen atoms in total. The smallest absolute Gasteiger partial charge is 0.145 e. The minimum Gasteiger partial charge on any atom is -0.491 e. The van der Waals surface area contributed by atoms with Gasteiger partial charge >= 0.3 is 0 Å². The van der Waals surface area contributed by atoms with Gasteiger partial charge in [0.05, 0.1) is 11.3 Å². The minimum atomic E-state index is 0.675. The molecule has 3 heteroatoms. The number of ether oxygens (including phenoxy) is 1. The molecule has 0 N–H and O–H groups in total. The van der Waals surface area contributed by atoms with Crippen LogP contribution in [0.25, 0.3) is 20.2 Å². The van der Waals surface area contributed by atoms with Crippen molar-refractivity contribution in [3.8, 4) is 5.75 Å². The van der Waals surface area contributed by atoms with Crippen LogP contribution in [0.1, 0.15) is 39.5 Å². The Bertz CT molecular complexity index is 661. The molecule has 0 spiro atoms. The number of benzene rings is 1. The van der Waals surface area contributed by atoms with Gasteiger partial charge in [-0.15, -0.1) is 22.7 Å². The summed E-state index contributed by atoms with van der Waals surface area (Å²) in [4.78, 5) is 0. The fraction of sp³-hybridized carbons (Fsp3) is 0.444. The first-order valence-corrected chi connectivity index (χ1v) is 9.59. The SMILES string of the molecule is CCCCC(CC)COc1c2ccsc2cc2ccsc12. The van der Waals surface area contributed by atoms with Gasteiger partial charge in [0.25, 0.3) is 0 Å². The lowest BCUT2D eigenvalue weighted by Crippen LogP contribution is -2.11. The average Bonchev–Trinajstić information content (AvgIpc) is 3.14. The molecule has 0 amide bonds. The van der Waals surface area contributed by atoms with Crippen LogP contribution in [-0.4, -0.2) is 6.61 Å². The van der Waals surface area contributed by atoms with Crippen LogP contribution in [0, 0.1) is 5.92 Å². The number of hydrogen-bond donors (Lipinski definition) is 0. The molecule has 0 saturated carbocycles. The third kappa shape index (κ3) is 3.09. The molecular formula is C18H22OS2. The molecule has 112 valence electrons. The van der Waals surface area contributed by atoms with Crippen LogP contribution in [-0.2, 0) is 0 Å². The van der Waals surface area contributed by atoms with Gasteiger partial charge in [0, 0.05) is 10.1 Å². The molecule has 3 rings (SSSR count). The molecule has 0 fully saturated rings. The van der Waals surface area contributed by atoms with Crippen molar-refractivity contribution in [1.82, 2.24) is 0 Å². The van der Waals surface area contributed by atoms with E-state index in [0.29, 0.717) is 5.92 Å². The molecule has 1 aromatic carbocycles. The van der Waals surface area contributed by atoms with Crippen molar-refractivity contribution in [2.75, 3.05) is 6.61 Å². The van der Waals surface area contributed by atoms with Gasteiger partial charge < -0.3 is 4.74 Å². The summed E-state index contributed by atoms with van der Waals surface area (Å²) in [7, 11) is 0. The molecule has 0 aliphatic carbocycles. The lowest BCUT2D eigenvalue weighted by Gasteiger charge is -2.16. The lowest BCUT2D eigenvalue weighted by molar-refractivity contribution is 0.238. The summed E-state index contributed by atoms with van der Waals surface area (Å²) < 4.78 is 8.94. The van der Waals surface area contributed by atoms with Gasteiger partial charge in [0.2, 0.25) is 0 Å². The Morgan fingerprint density at radius 1 is 1.14 bits per heavy atom. The second-order valence-corrected chi connectivity index (χ2v) is 7.47. The zero-order valence-electron chi connectivity index (χ0n) is 12.7. The van der Waals surface area contributed by atoms with Crippen molar-refractivity contribution in [3.05, 3.63) is 29.0 Å². The van der Waals surface area contributed by atoms with E-state index in [-0.39, 0.29) is 0 Å². The highest BCUT2D eigenvalue weighted by Gasteiger charge is 2.13. The Morgan fingerprint density at radius 3 is 2.81 bits per heavy atom. The van der Waals surface area contributed by atoms with Crippen molar-refractivity contribution < 1.29 is 4.74 Å². The van der Waals surface area contributed by atoms with Gasteiger partial charge in [0.1, 0.15) is 5.75 Å². The van der Waals surface area contributed by atoms with Gasteiger partial charge in [-0.3, -0.25) is 0 Å². The monoisotopic (exact) mass is 318 g/mol. The van der Waals surface area contributed by atoms with Crippen LogP contribution < -0.4 is 4.74 Å². The molecule has 0 aliphatic rings. The Morgan fingerprint density at radius 2 is 2.00 bits per heavy atom. The van der Waals surface area contributed by atoms with Crippen LogP contribution in [0.4, 0.5) is 0 Å². The Kier molecular flexibility index (Phi) is 4.81. The van der Waals surface area contributed by atoms with Crippen molar-refractivity contribution in [1.29, 1.82) is 0 Å². The van der Waals surface area contributed by atoms with Gasteiger partial charge in [0.15, 0.2) is 0 Å². The summed E-state index contributed by atoms with van der Waals surface area (Å²) in [6.45, 7) is 5.38. The van der Waals surface area contributed by atoms with E-state index >= 15 is 0 Å². The highest BCUT2D eigenvalue weighted by Crippen LogP contribution is 2.40. The summed E-state index contributed by atoms with van der Waals surface area (Å²) >= 11 is 3.59. The Balaban J connectivity index is 1.87. The standard InChI is InChI=1S/C18H22OS2/c1-3-5-6-13(4-2)12-19-17-15-8-10-20-16(15)11-14-7-9-21-18(14)17/h7-11,13H,3-6,12H2,1-2H3. The van der Waals surface area contributed by atoms with E-state index in [1.165, 1.54) is 45.9 Å². The molecular weight excluding hydrogens is 296 g/mol. The fourth-order valence-electron chi connectivity index (χ4n) is 2.74. The van der Waals surface area contributed by atoms with Gasteiger partial charge in [-0.05, 0) is 46.7 Å². The van der Waals surface area contributed by atoms with Gasteiger partial charge in [-0.1, -0.05) is 33.1 Å². The van der Waals surface area contributed by atoms with Crippen molar-refractivity contribution >= 4 is 42.8 Å². The number of thiophene rings is 2. The highest BCUT2D eigenvalue weighted by atomic mass is 32.1. The minimum absolute atomic E-state index is 0.675. The molecule has 0 saturated heterocycles. The predicted molar refractivity (Wildman–Crippen MR) is 96.0 cm³/mol. The number of unbranched alkanes of at least 4 members (excludes halogenated alkanes) is 1. The maximum Gasteiger partial charge on any atom is 0.145 e. The van der Waals surface area contributed by atoms with E-state index in [4.69, 9.17) is 4.74 Å². The Hall–Kier alpha value is -1.06. The fourth-order valence-corrected chi connectivity index (χ4v) is 4.47. The van der Waals surface area contributed by atoms with Gasteiger partial charge in [-0.2, -0.15) is 0 Å². The van der Waals surface area contributed by atoms with E-state index in [1.807, 2.05) is 0 Å². The van der Waals surface area contributed by atoms with Crippen molar-refractivity contribution in [2.24, 2.45) is 5.92 Å². The lowest BCUT2D eigenvalue weighted by atomic mass is 10.0. The maximum absolute atomic E-state index is 6.32. The summed E-state index contributed by atoms with van der Waals surface area (Å²) in [5.41, 5.74) is 0. The van der Waals surface area contributed by atoms with Crippen LogP contribution in [0.2, 0.25) is 0 Å². The summed E-state index contributed by atoms with van der Waals surface area (Å²) in [6.07, 6.45) is 5.05. The van der Waals surface area contributed by atoms with E-state index in [2.05, 4.69) is 42.8 Å². The summed E-state index contributed by atoms with van der Waals surface area (Å²) in [6, 6.07) is 6.68. The second kappa shape index (κ2) is 6.80. The summed E-state index contributed by atoms with van der Waals surface area (Å²) in [5.74, 6) is 1.78. The van der Waals surface area contributed by atoms with Crippen LogP contribution in [0.15, 0.2) is 29.0 Å². The molecule has 2 aromatic heterocycles. The molecule has 0 bridgehead atoms. The first-order chi connectivity index (χ1) is 10.3. The van der Waals surface area contributed by atoms with Crippen molar-refractivity contribution in [2.45, 2.75) is 39.5 Å². The first kappa shape index (κ1) is 14.9. The van der Waals surface area contributed by atoms with Crippen LogP contribution in [0.3, 0.4) is 0 Å². The molecule has 0 aliphatic heterocycles. The predicted octanol–water partition coefficient (Wildman–Crippen LogP) is 6.71. The maximum atomic E-state index is 6.32. The van der Waals surface area contributed by atoms with Crippen molar-refractivity contribution in [3.63, 3.8) is 0 Å². The second-order valence-electron chi connectivity index (χ2n) is 5.60. The van der Waals surface area contributed by atoms with E-state index < -0.39 is 0 Å². The normalized spacial score (nSPS) is 13.0. The van der Waals surface area contributed by atoms with Gasteiger partial charge in [-0.25, -0.2) is 0 Å². The highest BCUT2D eigenvalue weighted by molar-refractivity contribution is 7.19. The largest absolute Gasteiger partial charge is 0.491 e. The number of fused-ring (bicyclic) bond motifs is 2. The summed E-state index contributed by atoms with van der Waals surface area (Å²) in [5, 5.41) is 6.91. The third-order valence-electron chi connectivity index (χ3n) is 4.13. The molecule has 1 unspecified atom stereocenters. The molecule has 3 aromatic rings. The van der Waals surface area contributed by atoms with Crippen LogP contribution >= 0.6 is 22.7 Å². The molecule has 21 heavy (non-hydrogen) atoms. The topological polar surface area (TPSA) is 9.23 Å². The van der Waals surface area contributed by atoms with E-state index in [0.717, 1.165) is 12.4 Å². The van der Waals surface area contributed by atoms with E-state index in [1.54, 1.807) is 22.7 Å². The first-order valence-electron chi connectivity index (χ1n) is 7.83. The third-order valence-corrected chi connectivity index (χ3v) is 5.93. The zero-order valence-corrected chi connectivity index (χ0v) is 14.4. The Labute approximate surface area is 134 Å². The number of rotatable bonds is 7. The van der Waals surface area contributed by atoms with Crippen LogP contribution in [0.5, 0.6) is 5.75 Å². The molecule has 0 radical (unpaired) electrons. The molecule has 1 atom stereocenters. The quantitative estimate of drug-likeness (QED) is 0.470. The zero-order chi connectivity index (χ0) is 14.7. The molecule has 2 heterocycles.